The Bertz CT molecular complexity index is 324. The summed E-state index contributed by atoms with van der Waals surface area (Å²) in [6.45, 7) is 10.00. The van der Waals surface area contributed by atoms with E-state index >= 15 is 0 Å². The molecule has 1 heteroatoms. The fourth-order valence-electron chi connectivity index (χ4n) is 1.33. The normalized spacial score (nSPS) is 9.92. The summed E-state index contributed by atoms with van der Waals surface area (Å²) in [4.78, 5) is 0. The van der Waals surface area contributed by atoms with Gasteiger partial charge in [-0.05, 0) is 43.5 Å². The molecule has 0 aliphatic rings. The van der Waals surface area contributed by atoms with Crippen molar-refractivity contribution in [1.29, 1.82) is 0 Å². The van der Waals surface area contributed by atoms with Gasteiger partial charge in [0.1, 0.15) is 0 Å². The molecular formula is C11H15N. The molecule has 0 saturated heterocycles. The number of aryl methyl sites for hydroxylation is 2. The molecule has 2 N–H and O–H groups in total. The molecule has 12 heavy (non-hydrogen) atoms. The zero-order valence-electron chi connectivity index (χ0n) is 7.94. The van der Waals surface area contributed by atoms with E-state index in [-0.39, 0.29) is 0 Å². The zero-order chi connectivity index (χ0) is 9.30. The second-order valence-electron chi connectivity index (χ2n) is 3.30. The van der Waals surface area contributed by atoms with Crippen LogP contribution in [-0.4, -0.2) is 0 Å². The van der Waals surface area contributed by atoms with Gasteiger partial charge in [0, 0.05) is 5.69 Å². The molecule has 0 bridgehead atoms. The highest BCUT2D eigenvalue weighted by atomic mass is 14.6. The lowest BCUT2D eigenvalue weighted by Gasteiger charge is -2.08. The third-order valence-corrected chi connectivity index (χ3v) is 2.07. The molecule has 0 aliphatic carbocycles. The summed E-state index contributed by atoms with van der Waals surface area (Å²) >= 11 is 0. The molecule has 0 radical (unpaired) electrons. The second-order valence-corrected chi connectivity index (χ2v) is 3.30. The average Bonchev–Trinajstić information content (AvgIpc) is 1.96. The van der Waals surface area contributed by atoms with Gasteiger partial charge in [0.2, 0.25) is 0 Å². The molecule has 0 amide bonds. The molecular weight excluding hydrogens is 146 g/mol. The van der Waals surface area contributed by atoms with Crippen LogP contribution in [0.1, 0.15) is 23.6 Å². The number of allylic oxidation sites excluding steroid dienone is 1. The maximum Gasteiger partial charge on any atom is 0.0350 e. The Balaban J connectivity index is 3.33. The van der Waals surface area contributed by atoms with Crippen LogP contribution in [-0.2, 0) is 0 Å². The van der Waals surface area contributed by atoms with E-state index in [2.05, 4.69) is 19.6 Å². The van der Waals surface area contributed by atoms with E-state index in [9.17, 15) is 0 Å². The van der Waals surface area contributed by atoms with E-state index in [1.165, 1.54) is 5.56 Å². The van der Waals surface area contributed by atoms with Gasteiger partial charge in [0.15, 0.2) is 0 Å². The molecule has 0 spiro atoms. The maximum atomic E-state index is 5.79. The largest absolute Gasteiger partial charge is 0.398 e. The van der Waals surface area contributed by atoms with Gasteiger partial charge in [-0.25, -0.2) is 0 Å². The van der Waals surface area contributed by atoms with Gasteiger partial charge in [0.25, 0.3) is 0 Å². The van der Waals surface area contributed by atoms with Crippen molar-refractivity contribution in [3.05, 3.63) is 35.4 Å². The fraction of sp³-hybridized carbons (Fsp3) is 0.273. The first-order chi connectivity index (χ1) is 5.52. The van der Waals surface area contributed by atoms with E-state index in [1.54, 1.807) is 0 Å². The van der Waals surface area contributed by atoms with Crippen molar-refractivity contribution in [2.75, 3.05) is 5.73 Å². The minimum Gasteiger partial charge on any atom is -0.398 e. The minimum atomic E-state index is 0.846. The molecule has 0 aliphatic heterocycles. The monoisotopic (exact) mass is 161 g/mol. The number of nitrogen functional groups attached to an aromatic ring is 1. The van der Waals surface area contributed by atoms with Gasteiger partial charge < -0.3 is 5.73 Å². The number of nitrogens with two attached hydrogens (primary N) is 1. The molecule has 1 rings (SSSR count). The smallest absolute Gasteiger partial charge is 0.0350 e. The van der Waals surface area contributed by atoms with Crippen LogP contribution in [0.3, 0.4) is 0 Å². The van der Waals surface area contributed by atoms with Crippen molar-refractivity contribution in [2.24, 2.45) is 0 Å². The standard InChI is InChI=1S/C11H15N/c1-7(2)10-6-11(12)9(4)5-8(10)3/h5-6H,1,12H2,2-4H3. The lowest BCUT2D eigenvalue weighted by atomic mass is 9.99. The Hall–Kier alpha value is -1.24. The van der Waals surface area contributed by atoms with E-state index in [0.29, 0.717) is 0 Å². The zero-order valence-corrected chi connectivity index (χ0v) is 7.94. The number of anilines is 1. The van der Waals surface area contributed by atoms with Gasteiger partial charge >= 0.3 is 0 Å². The number of hydrogen-bond acceptors (Lipinski definition) is 1. The molecule has 1 aromatic rings. The Kier molecular flexibility index (Phi) is 2.22. The van der Waals surface area contributed by atoms with Crippen molar-refractivity contribution >= 4 is 11.3 Å². The quantitative estimate of drug-likeness (QED) is 0.630. The molecule has 0 atom stereocenters. The summed E-state index contributed by atoms with van der Waals surface area (Å²) in [7, 11) is 0. The lowest BCUT2D eigenvalue weighted by Crippen LogP contribution is -1.94. The predicted octanol–water partition coefficient (Wildman–Crippen LogP) is 2.92. The average molecular weight is 161 g/mol. The van der Waals surface area contributed by atoms with Crippen LogP contribution in [0.25, 0.3) is 5.57 Å². The van der Waals surface area contributed by atoms with Crippen LogP contribution in [0, 0.1) is 13.8 Å². The fourth-order valence-corrected chi connectivity index (χ4v) is 1.33. The van der Waals surface area contributed by atoms with E-state index in [1.807, 2.05) is 19.9 Å². The lowest BCUT2D eigenvalue weighted by molar-refractivity contribution is 1.35. The van der Waals surface area contributed by atoms with Crippen LogP contribution >= 0.6 is 0 Å². The third-order valence-electron chi connectivity index (χ3n) is 2.07. The predicted molar refractivity (Wildman–Crippen MR) is 55.0 cm³/mol. The number of hydrogen-bond donors (Lipinski definition) is 1. The maximum absolute atomic E-state index is 5.79. The molecule has 1 nitrogen and oxygen atoms in total. The topological polar surface area (TPSA) is 26.0 Å². The van der Waals surface area contributed by atoms with Crippen LogP contribution in [0.5, 0.6) is 0 Å². The van der Waals surface area contributed by atoms with Crippen molar-refractivity contribution in [2.45, 2.75) is 20.8 Å². The van der Waals surface area contributed by atoms with E-state index in [4.69, 9.17) is 5.73 Å². The van der Waals surface area contributed by atoms with Crippen LogP contribution in [0.4, 0.5) is 5.69 Å². The Morgan fingerprint density at radius 2 is 1.83 bits per heavy atom. The van der Waals surface area contributed by atoms with E-state index < -0.39 is 0 Å². The van der Waals surface area contributed by atoms with Gasteiger partial charge in [-0.3, -0.25) is 0 Å². The summed E-state index contributed by atoms with van der Waals surface area (Å²) in [5.41, 5.74) is 11.2. The Labute approximate surface area is 73.9 Å². The summed E-state index contributed by atoms with van der Waals surface area (Å²) in [6.07, 6.45) is 0. The second kappa shape index (κ2) is 3.02. The van der Waals surface area contributed by atoms with Crippen molar-refractivity contribution in [3.8, 4) is 0 Å². The highest BCUT2D eigenvalue weighted by Gasteiger charge is 2.01. The molecule has 64 valence electrons. The highest BCUT2D eigenvalue weighted by molar-refractivity contribution is 5.69. The Morgan fingerprint density at radius 3 is 2.33 bits per heavy atom. The molecule has 0 aromatic heterocycles. The SMILES string of the molecule is C=C(C)c1cc(N)c(C)cc1C. The summed E-state index contributed by atoms with van der Waals surface area (Å²) in [6, 6.07) is 4.09. The Morgan fingerprint density at radius 1 is 1.25 bits per heavy atom. The van der Waals surface area contributed by atoms with Crippen LogP contribution < -0.4 is 5.73 Å². The first-order valence-corrected chi connectivity index (χ1v) is 4.05. The molecule has 0 heterocycles. The summed E-state index contributed by atoms with van der Waals surface area (Å²) < 4.78 is 0. The minimum absolute atomic E-state index is 0.846. The number of rotatable bonds is 1. The van der Waals surface area contributed by atoms with Crippen molar-refractivity contribution in [1.82, 2.24) is 0 Å². The van der Waals surface area contributed by atoms with Gasteiger partial charge in [-0.2, -0.15) is 0 Å². The first-order valence-electron chi connectivity index (χ1n) is 4.05. The summed E-state index contributed by atoms with van der Waals surface area (Å²) in [5.74, 6) is 0. The van der Waals surface area contributed by atoms with Gasteiger partial charge in [-0.15, -0.1) is 0 Å². The molecule has 1 aromatic carbocycles. The highest BCUT2D eigenvalue weighted by Crippen LogP contribution is 2.22. The summed E-state index contributed by atoms with van der Waals surface area (Å²) in [5, 5.41) is 0. The van der Waals surface area contributed by atoms with Crippen LogP contribution in [0.2, 0.25) is 0 Å². The number of benzene rings is 1. The molecule has 0 fully saturated rings. The van der Waals surface area contributed by atoms with Crippen molar-refractivity contribution < 1.29 is 0 Å². The first kappa shape index (κ1) is 8.85. The van der Waals surface area contributed by atoms with E-state index in [0.717, 1.165) is 22.4 Å². The van der Waals surface area contributed by atoms with Gasteiger partial charge in [0.05, 0.1) is 0 Å². The molecule has 0 saturated carbocycles. The van der Waals surface area contributed by atoms with Gasteiger partial charge in [-0.1, -0.05) is 18.2 Å². The van der Waals surface area contributed by atoms with Crippen LogP contribution in [0.15, 0.2) is 18.7 Å². The van der Waals surface area contributed by atoms with Crippen molar-refractivity contribution in [3.63, 3.8) is 0 Å². The molecule has 0 unspecified atom stereocenters. The third kappa shape index (κ3) is 1.50.